The first kappa shape index (κ1) is 28.5. The number of ether oxygens (including phenoxy) is 1. The van der Waals surface area contributed by atoms with Crippen LogP contribution in [0.2, 0.25) is 5.02 Å². The van der Waals surface area contributed by atoms with Crippen LogP contribution in [0.5, 0.6) is 0 Å². The molecular formula is C29H22ClN5O6S. The Hall–Kier alpha value is -5.07. The number of fused-ring (bicyclic) bond motifs is 1. The van der Waals surface area contributed by atoms with Gasteiger partial charge in [-0.3, -0.25) is 9.59 Å². The molecule has 0 fully saturated rings. The summed E-state index contributed by atoms with van der Waals surface area (Å²) in [4.78, 5) is 46.6. The molecule has 0 saturated heterocycles. The first-order valence-corrected chi connectivity index (χ1v) is 14.2. The predicted octanol–water partition coefficient (Wildman–Crippen LogP) is 4.25. The highest BCUT2D eigenvalue weighted by molar-refractivity contribution is 7.92. The predicted molar refractivity (Wildman–Crippen MR) is 158 cm³/mol. The molecule has 0 aliphatic heterocycles. The maximum absolute atomic E-state index is 13.3. The van der Waals surface area contributed by atoms with Crippen LogP contribution in [-0.2, 0) is 26.6 Å². The summed E-state index contributed by atoms with van der Waals surface area (Å²) in [6.07, 6.45) is 2.79. The highest BCUT2D eigenvalue weighted by atomic mass is 35.5. The van der Waals surface area contributed by atoms with Crippen molar-refractivity contribution in [1.29, 1.82) is 0 Å². The van der Waals surface area contributed by atoms with E-state index in [2.05, 4.69) is 20.0 Å². The highest BCUT2D eigenvalue weighted by Crippen LogP contribution is 2.31. The van der Waals surface area contributed by atoms with Crippen LogP contribution in [0.1, 0.15) is 10.5 Å². The van der Waals surface area contributed by atoms with E-state index in [0.29, 0.717) is 26.9 Å². The van der Waals surface area contributed by atoms with E-state index in [4.69, 9.17) is 16.3 Å². The third-order valence-corrected chi connectivity index (χ3v) is 7.80. The van der Waals surface area contributed by atoms with Gasteiger partial charge in [0.05, 0.1) is 4.90 Å². The molecule has 5 rings (SSSR count). The lowest BCUT2D eigenvalue weighted by Crippen LogP contribution is -2.28. The second kappa shape index (κ2) is 11.8. The van der Waals surface area contributed by atoms with E-state index in [1.165, 1.54) is 48.3 Å². The number of carbonyl (C=O) groups excluding carboxylic acids is 2. The largest absolute Gasteiger partial charge is 0.451 e. The molecular weight excluding hydrogens is 582 g/mol. The molecule has 0 atom stereocenters. The van der Waals surface area contributed by atoms with E-state index < -0.39 is 34.1 Å². The molecule has 0 bridgehead atoms. The molecule has 11 nitrogen and oxygen atoms in total. The van der Waals surface area contributed by atoms with Crippen LogP contribution in [0.15, 0.2) is 101 Å². The fourth-order valence-corrected chi connectivity index (χ4v) is 5.34. The first-order chi connectivity index (χ1) is 20.1. The lowest BCUT2D eigenvalue weighted by atomic mass is 9.97. The van der Waals surface area contributed by atoms with E-state index in [1.807, 2.05) is 0 Å². The van der Waals surface area contributed by atoms with Crippen molar-refractivity contribution in [1.82, 2.24) is 14.5 Å². The summed E-state index contributed by atoms with van der Waals surface area (Å²) in [6.45, 7) is -0.660. The van der Waals surface area contributed by atoms with Gasteiger partial charge in [-0.05, 0) is 59.5 Å². The molecule has 0 saturated carbocycles. The Morgan fingerprint density at radius 3 is 2.21 bits per heavy atom. The Bertz CT molecular complexity index is 1960. The van der Waals surface area contributed by atoms with Crippen LogP contribution in [0, 0.1) is 0 Å². The lowest BCUT2D eigenvalue weighted by Gasteiger charge is -2.17. The van der Waals surface area contributed by atoms with Crippen LogP contribution in [0.3, 0.4) is 0 Å². The zero-order valence-corrected chi connectivity index (χ0v) is 23.5. The van der Waals surface area contributed by atoms with Crippen LogP contribution >= 0.6 is 11.6 Å². The van der Waals surface area contributed by atoms with Gasteiger partial charge in [0.15, 0.2) is 6.61 Å². The Morgan fingerprint density at radius 1 is 0.905 bits per heavy atom. The average Bonchev–Trinajstić information content (AvgIpc) is 2.99. The van der Waals surface area contributed by atoms with Crippen molar-refractivity contribution in [2.24, 2.45) is 7.05 Å². The fraction of sp³-hybridized carbons (Fsp3) is 0.0690. The number of esters is 1. The standard InChI is InChI=1S/C29H22ClN5O6S/c1-35-26(25(18-7-9-19(30)10-8-18)22-5-2-3-6-23(22)27(35)37)28(38)41-17-24(36)33-20-11-13-21(14-12-20)42(39,40)34-29-31-15-4-16-32-29/h2-16H,17H2,1H3,(H,33,36)(H,31,32,34). The third kappa shape index (κ3) is 5.99. The number of rotatable bonds is 8. The number of aromatic nitrogens is 3. The number of nitrogens with zero attached hydrogens (tertiary/aromatic N) is 3. The zero-order chi connectivity index (χ0) is 29.9. The number of nitrogens with one attached hydrogen (secondary N) is 2. The van der Waals surface area contributed by atoms with Gasteiger partial charge in [0.25, 0.3) is 21.5 Å². The van der Waals surface area contributed by atoms with E-state index >= 15 is 0 Å². The number of pyridine rings is 1. The molecule has 0 unspecified atom stereocenters. The zero-order valence-electron chi connectivity index (χ0n) is 21.9. The Kier molecular flexibility index (Phi) is 8.00. The maximum Gasteiger partial charge on any atom is 0.356 e. The molecule has 5 aromatic rings. The highest BCUT2D eigenvalue weighted by Gasteiger charge is 2.24. The quantitative estimate of drug-likeness (QED) is 0.250. The Labute approximate surface area is 244 Å². The van der Waals surface area contributed by atoms with Crippen molar-refractivity contribution in [2.75, 3.05) is 16.6 Å². The maximum atomic E-state index is 13.3. The minimum Gasteiger partial charge on any atom is -0.451 e. The molecule has 3 aromatic carbocycles. The van der Waals surface area contributed by atoms with Crippen molar-refractivity contribution in [3.8, 4) is 11.1 Å². The number of hydrogen-bond donors (Lipinski definition) is 2. The number of halogens is 1. The van der Waals surface area contributed by atoms with E-state index in [-0.39, 0.29) is 22.2 Å². The van der Waals surface area contributed by atoms with Crippen molar-refractivity contribution in [2.45, 2.75) is 4.90 Å². The van der Waals surface area contributed by atoms with E-state index in [9.17, 15) is 22.8 Å². The van der Waals surface area contributed by atoms with Crippen molar-refractivity contribution in [3.05, 3.63) is 112 Å². The minimum absolute atomic E-state index is 0.0294. The molecule has 0 aliphatic carbocycles. The smallest absolute Gasteiger partial charge is 0.356 e. The number of hydrogen-bond acceptors (Lipinski definition) is 8. The van der Waals surface area contributed by atoms with Gasteiger partial charge < -0.3 is 14.6 Å². The Morgan fingerprint density at radius 2 is 1.55 bits per heavy atom. The van der Waals surface area contributed by atoms with Crippen molar-refractivity contribution in [3.63, 3.8) is 0 Å². The number of benzene rings is 3. The molecule has 0 radical (unpaired) electrons. The molecule has 2 N–H and O–H groups in total. The summed E-state index contributed by atoms with van der Waals surface area (Å²) in [5.41, 5.74) is 0.930. The molecule has 0 aliphatic rings. The second-order valence-corrected chi connectivity index (χ2v) is 11.1. The van der Waals surface area contributed by atoms with Crippen LogP contribution in [0.25, 0.3) is 21.9 Å². The fourth-order valence-electron chi connectivity index (χ4n) is 4.26. The van der Waals surface area contributed by atoms with E-state index in [0.717, 1.165) is 0 Å². The first-order valence-electron chi connectivity index (χ1n) is 12.4. The van der Waals surface area contributed by atoms with Crippen LogP contribution in [0.4, 0.5) is 11.6 Å². The molecule has 1 amide bonds. The van der Waals surface area contributed by atoms with Gasteiger partial charge in [0, 0.05) is 41.1 Å². The van der Waals surface area contributed by atoms with Gasteiger partial charge in [-0.1, -0.05) is 41.9 Å². The molecule has 42 heavy (non-hydrogen) atoms. The molecule has 2 aromatic heterocycles. The molecule has 212 valence electrons. The summed E-state index contributed by atoms with van der Waals surface area (Å²) in [5.74, 6) is -1.63. The van der Waals surface area contributed by atoms with Gasteiger partial charge in [-0.2, -0.15) is 0 Å². The number of anilines is 2. The van der Waals surface area contributed by atoms with Gasteiger partial charge >= 0.3 is 5.97 Å². The summed E-state index contributed by atoms with van der Waals surface area (Å²) in [6, 6.07) is 20.6. The summed E-state index contributed by atoms with van der Waals surface area (Å²) >= 11 is 6.06. The summed E-state index contributed by atoms with van der Waals surface area (Å²) < 4.78 is 33.9. The normalized spacial score (nSPS) is 11.2. The topological polar surface area (TPSA) is 149 Å². The molecule has 2 heterocycles. The summed E-state index contributed by atoms with van der Waals surface area (Å²) in [7, 11) is -2.50. The van der Waals surface area contributed by atoms with Gasteiger partial charge in [-0.15, -0.1) is 0 Å². The third-order valence-electron chi connectivity index (χ3n) is 6.20. The average molecular weight is 604 g/mol. The van der Waals surface area contributed by atoms with Crippen LogP contribution < -0.4 is 15.6 Å². The molecule has 0 spiro atoms. The lowest BCUT2D eigenvalue weighted by molar-refractivity contribution is -0.119. The second-order valence-electron chi connectivity index (χ2n) is 8.97. The van der Waals surface area contributed by atoms with Gasteiger partial charge in [0.1, 0.15) is 5.69 Å². The monoisotopic (exact) mass is 603 g/mol. The minimum atomic E-state index is -3.96. The number of sulfonamides is 1. The Balaban J connectivity index is 1.33. The van der Waals surface area contributed by atoms with Crippen LogP contribution in [-0.4, -0.2) is 41.4 Å². The van der Waals surface area contributed by atoms with Crippen molar-refractivity contribution >= 4 is 55.9 Å². The summed E-state index contributed by atoms with van der Waals surface area (Å²) in [5, 5.41) is 4.00. The van der Waals surface area contributed by atoms with Crippen molar-refractivity contribution < 1.29 is 22.7 Å². The SMILES string of the molecule is Cn1c(C(=O)OCC(=O)Nc2ccc(S(=O)(=O)Nc3ncccn3)cc2)c(-c2ccc(Cl)cc2)c2ccccc2c1=O. The van der Waals surface area contributed by atoms with Gasteiger partial charge in [0.2, 0.25) is 5.95 Å². The van der Waals surface area contributed by atoms with Gasteiger partial charge in [-0.25, -0.2) is 27.9 Å². The molecule has 13 heteroatoms. The number of carbonyl (C=O) groups is 2. The number of amides is 1. The van der Waals surface area contributed by atoms with E-state index in [1.54, 1.807) is 54.6 Å².